The predicted octanol–water partition coefficient (Wildman–Crippen LogP) is 5.77. The van der Waals surface area contributed by atoms with E-state index in [1.807, 2.05) is 79.7 Å². The van der Waals surface area contributed by atoms with E-state index in [4.69, 9.17) is 14.3 Å². The van der Waals surface area contributed by atoms with E-state index < -0.39 is 5.97 Å². The van der Waals surface area contributed by atoms with Crippen molar-refractivity contribution in [1.82, 2.24) is 0 Å². The van der Waals surface area contributed by atoms with Crippen LogP contribution < -0.4 is 9.47 Å². The second-order valence-electron chi connectivity index (χ2n) is 6.80. The van der Waals surface area contributed by atoms with Gasteiger partial charge in [0.05, 0.1) is 12.2 Å². The van der Waals surface area contributed by atoms with Crippen LogP contribution in [0.2, 0.25) is 0 Å². The second kappa shape index (κ2) is 9.62. The number of ether oxygens (including phenoxy) is 2. The van der Waals surface area contributed by atoms with Gasteiger partial charge in [0.2, 0.25) is 0 Å². The molecule has 0 aromatic heterocycles. The number of hydrogen-bond donors (Lipinski definition) is 0. The first-order valence-electron chi connectivity index (χ1n) is 9.85. The van der Waals surface area contributed by atoms with Crippen LogP contribution in [0.1, 0.15) is 23.6 Å². The van der Waals surface area contributed by atoms with E-state index in [9.17, 15) is 4.79 Å². The third kappa shape index (κ3) is 5.03. The minimum atomic E-state index is -0.486. The van der Waals surface area contributed by atoms with Gasteiger partial charge in [0.25, 0.3) is 0 Å². The highest BCUT2D eigenvalue weighted by Crippen LogP contribution is 2.31. The molecule has 0 amide bonds. The van der Waals surface area contributed by atoms with Gasteiger partial charge in [0.15, 0.2) is 11.5 Å². The van der Waals surface area contributed by atoms with Crippen LogP contribution in [-0.4, -0.2) is 18.3 Å². The fourth-order valence-electron chi connectivity index (χ4n) is 3.13. The maximum atomic E-state index is 12.3. The van der Waals surface area contributed by atoms with Crippen LogP contribution in [0.25, 0.3) is 6.08 Å². The Morgan fingerprint density at radius 1 is 0.968 bits per heavy atom. The molecule has 156 valence electrons. The van der Waals surface area contributed by atoms with Crippen molar-refractivity contribution >= 4 is 33.7 Å². The normalized spacial score (nSPS) is 14.3. The summed E-state index contributed by atoms with van der Waals surface area (Å²) in [6.07, 6.45) is 1.75. The Bertz CT molecular complexity index is 1140. The maximum absolute atomic E-state index is 12.3. The van der Waals surface area contributed by atoms with Gasteiger partial charge in [0, 0.05) is 10.0 Å². The molecule has 0 aliphatic carbocycles. The Kier molecular flexibility index (Phi) is 6.48. The number of carbonyl (C=O) groups excluding carboxylic acids is 1. The molecule has 0 fully saturated rings. The lowest BCUT2D eigenvalue weighted by Gasteiger charge is -2.13. The minimum absolute atomic E-state index is 0.391. The van der Waals surface area contributed by atoms with E-state index in [1.54, 1.807) is 6.08 Å². The zero-order chi connectivity index (χ0) is 21.6. The summed E-state index contributed by atoms with van der Waals surface area (Å²) in [5.74, 6) is 0.769. The smallest absolute Gasteiger partial charge is 0.368 e. The van der Waals surface area contributed by atoms with Crippen molar-refractivity contribution < 1.29 is 19.1 Å². The highest BCUT2D eigenvalue weighted by Gasteiger charge is 2.27. The molecule has 0 saturated heterocycles. The summed E-state index contributed by atoms with van der Waals surface area (Å²) in [5, 5.41) is 3.96. The molecular weight excluding hydrogens is 458 g/mol. The summed E-state index contributed by atoms with van der Waals surface area (Å²) in [7, 11) is 0. The van der Waals surface area contributed by atoms with Gasteiger partial charge >= 0.3 is 5.97 Å². The van der Waals surface area contributed by atoms with Crippen molar-refractivity contribution in [2.24, 2.45) is 5.16 Å². The Morgan fingerprint density at radius 2 is 1.74 bits per heavy atom. The molecule has 3 aromatic rings. The van der Waals surface area contributed by atoms with Crippen LogP contribution in [-0.2, 0) is 16.2 Å². The first kappa shape index (κ1) is 20.9. The molecule has 5 nitrogen and oxygen atoms in total. The van der Waals surface area contributed by atoms with Crippen molar-refractivity contribution in [2.75, 3.05) is 6.61 Å². The first-order valence-corrected chi connectivity index (χ1v) is 10.6. The van der Waals surface area contributed by atoms with E-state index in [0.29, 0.717) is 36.0 Å². The number of hydrogen-bond acceptors (Lipinski definition) is 5. The van der Waals surface area contributed by atoms with Crippen LogP contribution >= 0.6 is 15.9 Å². The van der Waals surface area contributed by atoms with Gasteiger partial charge in [-0.3, -0.25) is 0 Å². The molecule has 0 saturated carbocycles. The average Bonchev–Trinajstić information content (AvgIpc) is 3.15. The molecular formula is C25H20BrNO4. The molecule has 1 aliphatic heterocycles. The van der Waals surface area contributed by atoms with Crippen molar-refractivity contribution in [1.29, 1.82) is 0 Å². The van der Waals surface area contributed by atoms with Crippen LogP contribution in [0.15, 0.2) is 88.0 Å². The molecule has 1 heterocycles. The molecule has 0 N–H and O–H groups in total. The topological polar surface area (TPSA) is 57.1 Å². The third-order valence-corrected chi connectivity index (χ3v) is 5.16. The Balaban J connectivity index is 1.60. The average molecular weight is 478 g/mol. The van der Waals surface area contributed by atoms with Gasteiger partial charge in [-0.2, -0.15) is 0 Å². The summed E-state index contributed by atoms with van der Waals surface area (Å²) in [4.78, 5) is 17.2. The lowest BCUT2D eigenvalue weighted by Crippen LogP contribution is -2.07. The second-order valence-corrected chi connectivity index (χ2v) is 7.71. The number of halogens is 1. The molecule has 31 heavy (non-hydrogen) atoms. The third-order valence-electron chi connectivity index (χ3n) is 4.63. The number of nitrogens with zero attached hydrogens (tertiary/aromatic N) is 1. The van der Waals surface area contributed by atoms with Crippen molar-refractivity contribution in [3.8, 4) is 11.5 Å². The Labute approximate surface area is 189 Å². The van der Waals surface area contributed by atoms with Crippen LogP contribution in [0.4, 0.5) is 0 Å². The SMILES string of the molecule is CCOc1cc(/C=C2\C(=O)ON=C2c2ccc(Br)cc2)ccc1OCc1ccccc1. The predicted molar refractivity (Wildman–Crippen MR) is 123 cm³/mol. The van der Waals surface area contributed by atoms with Gasteiger partial charge < -0.3 is 14.3 Å². The van der Waals surface area contributed by atoms with Crippen molar-refractivity contribution in [3.63, 3.8) is 0 Å². The number of oxime groups is 1. The van der Waals surface area contributed by atoms with Gasteiger partial charge in [-0.25, -0.2) is 4.79 Å². The van der Waals surface area contributed by atoms with E-state index in [0.717, 1.165) is 21.2 Å². The fraction of sp³-hybridized carbons (Fsp3) is 0.120. The molecule has 1 aliphatic rings. The molecule has 0 unspecified atom stereocenters. The van der Waals surface area contributed by atoms with Crippen molar-refractivity contribution in [3.05, 3.63) is 99.5 Å². The minimum Gasteiger partial charge on any atom is -0.490 e. The summed E-state index contributed by atoms with van der Waals surface area (Å²) in [6, 6.07) is 23.0. The number of benzene rings is 3. The van der Waals surface area contributed by atoms with E-state index in [-0.39, 0.29) is 0 Å². The maximum Gasteiger partial charge on any atom is 0.368 e. The summed E-state index contributed by atoms with van der Waals surface area (Å²) < 4.78 is 12.7. The van der Waals surface area contributed by atoms with E-state index in [1.165, 1.54) is 0 Å². The first-order chi connectivity index (χ1) is 15.1. The fourth-order valence-corrected chi connectivity index (χ4v) is 3.39. The van der Waals surface area contributed by atoms with Gasteiger partial charge in [-0.05, 0) is 48.4 Å². The highest BCUT2D eigenvalue weighted by atomic mass is 79.9. The summed E-state index contributed by atoms with van der Waals surface area (Å²) >= 11 is 3.41. The zero-order valence-corrected chi connectivity index (χ0v) is 18.5. The molecule has 4 rings (SSSR count). The highest BCUT2D eigenvalue weighted by molar-refractivity contribution is 9.10. The van der Waals surface area contributed by atoms with Crippen LogP contribution in [0.3, 0.4) is 0 Å². The Morgan fingerprint density at radius 3 is 2.48 bits per heavy atom. The van der Waals surface area contributed by atoms with E-state index in [2.05, 4.69) is 21.1 Å². The summed E-state index contributed by atoms with van der Waals surface area (Å²) in [6.45, 7) is 2.85. The molecule has 0 radical (unpaired) electrons. The van der Waals surface area contributed by atoms with Crippen molar-refractivity contribution in [2.45, 2.75) is 13.5 Å². The molecule has 0 bridgehead atoms. The molecule has 0 atom stereocenters. The van der Waals surface area contributed by atoms with E-state index >= 15 is 0 Å². The van der Waals surface area contributed by atoms with Gasteiger partial charge in [0.1, 0.15) is 12.3 Å². The molecule has 3 aromatic carbocycles. The summed E-state index contributed by atoms with van der Waals surface area (Å²) in [5.41, 5.74) is 3.55. The van der Waals surface area contributed by atoms with Crippen LogP contribution in [0.5, 0.6) is 11.5 Å². The van der Waals surface area contributed by atoms with Gasteiger partial charge in [-0.1, -0.05) is 69.6 Å². The number of carbonyl (C=O) groups is 1. The molecule has 6 heteroatoms. The Hall–Kier alpha value is -3.38. The largest absolute Gasteiger partial charge is 0.490 e. The number of rotatable bonds is 7. The monoisotopic (exact) mass is 477 g/mol. The quantitative estimate of drug-likeness (QED) is 0.320. The lowest BCUT2D eigenvalue weighted by atomic mass is 10.0. The van der Waals surface area contributed by atoms with Crippen LogP contribution in [0, 0.1) is 0 Å². The standard InChI is InChI=1S/C25H20BrNO4/c1-2-29-23-15-18(8-13-22(23)30-16-17-6-4-3-5-7-17)14-21-24(27-31-25(21)28)19-9-11-20(26)12-10-19/h3-15H,2,16H2,1H3/b21-14-. The zero-order valence-electron chi connectivity index (χ0n) is 16.9. The van der Waals surface area contributed by atoms with Gasteiger partial charge in [-0.15, -0.1) is 0 Å². The lowest BCUT2D eigenvalue weighted by molar-refractivity contribution is -0.136. The molecule has 0 spiro atoms.